The fraction of sp³-hybridized carbons (Fsp3) is 0.0204. The highest BCUT2D eigenvalue weighted by Crippen LogP contribution is 2.50. The average molecular weight is 863 g/mol. The van der Waals surface area contributed by atoms with Crippen molar-refractivity contribution in [2.75, 3.05) is 4.90 Å². The predicted octanol–water partition coefficient (Wildman–Crippen LogP) is 11.8. The molecule has 0 N–H and O–H groups in total. The predicted molar refractivity (Wildman–Crippen MR) is 240 cm³/mol. The van der Waals surface area contributed by atoms with Crippen LogP contribution in [-0.2, 0) is 6.42 Å². The molecule has 296 valence electrons. The quantitative estimate of drug-likeness (QED) is 0.170. The largest absolute Gasteiger partial charge is 0.457 e. The van der Waals surface area contributed by atoms with Crippen molar-refractivity contribution in [1.82, 2.24) is 38.2 Å². The molecule has 6 aromatic carbocycles. The number of aromatic nitrogens is 8. The van der Waals surface area contributed by atoms with Crippen LogP contribution in [0, 0.1) is 0 Å². The molecule has 0 radical (unpaired) electrons. The van der Waals surface area contributed by atoms with Crippen LogP contribution >= 0.6 is 15.9 Å². The molecule has 4 aromatic heterocycles. The maximum absolute atomic E-state index is 6.15. The maximum atomic E-state index is 6.15. The van der Waals surface area contributed by atoms with Gasteiger partial charge in [-0.15, -0.1) is 0 Å². The van der Waals surface area contributed by atoms with Crippen molar-refractivity contribution in [2.24, 2.45) is 0 Å². The van der Waals surface area contributed by atoms with Gasteiger partial charge in [-0.1, -0.05) is 76.6 Å². The van der Waals surface area contributed by atoms with Crippen LogP contribution < -0.4 is 14.4 Å². The van der Waals surface area contributed by atoms with Gasteiger partial charge in [-0.3, -0.25) is 0 Å². The van der Waals surface area contributed by atoms with Crippen LogP contribution in [0.15, 0.2) is 213 Å². The van der Waals surface area contributed by atoms with Crippen molar-refractivity contribution in [3.63, 3.8) is 0 Å². The number of fused-ring (bicyclic) bond motifs is 4. The molecule has 0 amide bonds. The number of hydrogen-bond acceptors (Lipinski definition) is 7. The first-order valence-corrected chi connectivity index (χ1v) is 20.3. The van der Waals surface area contributed by atoms with E-state index in [2.05, 4.69) is 101 Å². The van der Waals surface area contributed by atoms with Crippen LogP contribution in [0.4, 0.5) is 17.1 Å². The van der Waals surface area contributed by atoms with E-state index in [1.54, 1.807) is 50.1 Å². The van der Waals surface area contributed by atoms with Crippen molar-refractivity contribution < 1.29 is 9.47 Å². The molecule has 11 nitrogen and oxygen atoms in total. The average Bonchev–Trinajstić information content (AvgIpc) is 4.17. The summed E-state index contributed by atoms with van der Waals surface area (Å²) in [5.41, 5.74) is 9.71. The van der Waals surface area contributed by atoms with Crippen LogP contribution in [0.5, 0.6) is 23.0 Å². The van der Waals surface area contributed by atoms with Crippen molar-refractivity contribution >= 4 is 33.0 Å². The summed E-state index contributed by atoms with van der Waals surface area (Å²) in [7, 11) is 0. The van der Waals surface area contributed by atoms with Gasteiger partial charge in [0.2, 0.25) is 0 Å². The van der Waals surface area contributed by atoms with E-state index < -0.39 is 0 Å². The second kappa shape index (κ2) is 16.7. The van der Waals surface area contributed by atoms with E-state index in [0.717, 1.165) is 73.7 Å². The highest BCUT2D eigenvalue weighted by molar-refractivity contribution is 9.10. The van der Waals surface area contributed by atoms with Crippen molar-refractivity contribution in [3.05, 3.63) is 224 Å². The number of imidazole rings is 4. The van der Waals surface area contributed by atoms with Crippen LogP contribution in [0.2, 0.25) is 0 Å². The van der Waals surface area contributed by atoms with Gasteiger partial charge < -0.3 is 32.6 Å². The van der Waals surface area contributed by atoms with Crippen molar-refractivity contribution in [2.45, 2.75) is 6.42 Å². The highest BCUT2D eigenvalue weighted by Gasteiger charge is 2.26. The van der Waals surface area contributed by atoms with E-state index in [4.69, 9.17) is 9.47 Å². The lowest BCUT2D eigenvalue weighted by atomic mass is 10.0. The molecular formula is C49H36BrN9O2. The highest BCUT2D eigenvalue weighted by atomic mass is 79.9. The number of nitrogens with zero attached hydrogens (tertiary/aromatic N) is 9. The van der Waals surface area contributed by atoms with Crippen molar-refractivity contribution in [1.29, 1.82) is 0 Å². The molecule has 0 saturated heterocycles. The molecule has 12 heteroatoms. The first-order chi connectivity index (χ1) is 30.2. The van der Waals surface area contributed by atoms with E-state index in [9.17, 15) is 0 Å². The van der Waals surface area contributed by atoms with Gasteiger partial charge in [-0.2, -0.15) is 0 Å². The Balaban J connectivity index is 0.000000121. The van der Waals surface area contributed by atoms with Gasteiger partial charge in [-0.05, 0) is 83.9 Å². The molecule has 0 spiro atoms. The summed E-state index contributed by atoms with van der Waals surface area (Å²) in [6.45, 7) is 0. The fourth-order valence-electron chi connectivity index (χ4n) is 7.41. The summed E-state index contributed by atoms with van der Waals surface area (Å²) >= 11 is 3.49. The minimum Gasteiger partial charge on any atom is -0.457 e. The normalized spacial score (nSPS) is 11.9. The van der Waals surface area contributed by atoms with E-state index >= 15 is 0 Å². The zero-order valence-corrected chi connectivity index (χ0v) is 34.1. The Kier molecular flexibility index (Phi) is 10.2. The van der Waals surface area contributed by atoms with Crippen LogP contribution in [0.1, 0.15) is 11.1 Å². The van der Waals surface area contributed by atoms with Crippen LogP contribution in [-0.4, -0.2) is 38.2 Å². The zero-order chi connectivity index (χ0) is 41.0. The number of rotatable bonds is 5. The molecule has 0 unspecified atom stereocenters. The number of ether oxygens (including phenoxy) is 2. The fourth-order valence-corrected chi connectivity index (χ4v) is 7.76. The Hall–Kier alpha value is -7.96. The van der Waals surface area contributed by atoms with Gasteiger partial charge in [0.1, 0.15) is 11.5 Å². The summed E-state index contributed by atoms with van der Waals surface area (Å²) in [5, 5.41) is 0. The molecule has 6 heterocycles. The number of hydrogen-bond donors (Lipinski definition) is 0. The van der Waals surface area contributed by atoms with Gasteiger partial charge in [0.05, 0.1) is 59.4 Å². The lowest BCUT2D eigenvalue weighted by Gasteiger charge is -2.33. The van der Waals surface area contributed by atoms with Crippen LogP contribution in [0.25, 0.3) is 22.7 Å². The SMILES string of the molecule is Brc1ccc(-n2ccnc2)c(-n2ccnc2)c1.c1ccc2c(c1)Cc1ccccc1O2.c1ccc2c(c1)Oc1ccccc1N2c1ccc(-n2ccnc2)c(-n2ccnc2)c1. The van der Waals surface area contributed by atoms with Gasteiger partial charge in [0.15, 0.2) is 11.5 Å². The lowest BCUT2D eigenvalue weighted by Crippen LogP contribution is -2.16. The molecule has 0 saturated carbocycles. The summed E-state index contributed by atoms with van der Waals surface area (Å²) in [6.07, 6.45) is 23.0. The smallest absolute Gasteiger partial charge is 0.151 e. The monoisotopic (exact) mass is 861 g/mol. The molecule has 0 fully saturated rings. The summed E-state index contributed by atoms with van der Waals surface area (Å²) in [5.74, 6) is 3.65. The second-order valence-corrected chi connectivity index (χ2v) is 15.0. The third kappa shape index (κ3) is 7.71. The van der Waals surface area contributed by atoms with Crippen molar-refractivity contribution in [3.8, 4) is 45.7 Å². The maximum Gasteiger partial charge on any atom is 0.151 e. The molecule has 2 aliphatic heterocycles. The molecule has 61 heavy (non-hydrogen) atoms. The third-order valence-electron chi connectivity index (χ3n) is 10.3. The molecular weight excluding hydrogens is 827 g/mol. The molecule has 0 atom stereocenters. The van der Waals surface area contributed by atoms with Gasteiger partial charge in [-0.25, -0.2) is 19.9 Å². The first kappa shape index (κ1) is 37.3. The zero-order valence-electron chi connectivity index (χ0n) is 32.6. The van der Waals surface area contributed by atoms with Gasteiger partial charge >= 0.3 is 0 Å². The molecule has 10 aromatic rings. The van der Waals surface area contributed by atoms with E-state index in [0.29, 0.717) is 0 Å². The van der Waals surface area contributed by atoms with E-state index in [-0.39, 0.29) is 0 Å². The van der Waals surface area contributed by atoms with Gasteiger partial charge in [0.25, 0.3) is 0 Å². The number of benzene rings is 6. The van der Waals surface area contributed by atoms with Gasteiger partial charge in [0, 0.05) is 66.2 Å². The Labute approximate surface area is 360 Å². The lowest BCUT2D eigenvalue weighted by molar-refractivity contribution is 0.460. The molecule has 2 aliphatic rings. The molecule has 12 rings (SSSR count). The minimum absolute atomic E-state index is 0.832. The Morgan fingerprint density at radius 3 is 1.30 bits per heavy atom. The Morgan fingerprint density at radius 2 is 0.803 bits per heavy atom. The minimum atomic E-state index is 0.832. The number of anilines is 3. The Morgan fingerprint density at radius 1 is 0.393 bits per heavy atom. The Bertz CT molecular complexity index is 2900. The van der Waals surface area contributed by atoms with E-state index in [1.165, 1.54) is 11.1 Å². The van der Waals surface area contributed by atoms with E-state index in [1.807, 2.05) is 116 Å². The van der Waals surface area contributed by atoms with Crippen LogP contribution in [0.3, 0.4) is 0 Å². The summed E-state index contributed by atoms with van der Waals surface area (Å²) in [6, 6.07) is 45.1. The summed E-state index contributed by atoms with van der Waals surface area (Å²) in [4.78, 5) is 18.8. The third-order valence-corrected chi connectivity index (χ3v) is 10.8. The molecule has 0 aliphatic carbocycles. The number of para-hydroxylation sites is 6. The molecule has 0 bridgehead atoms. The second-order valence-electron chi connectivity index (χ2n) is 14.1. The summed E-state index contributed by atoms with van der Waals surface area (Å²) < 4.78 is 20.9. The standard InChI is InChI=1S/C24H17N5O.C13H10O.C12H9BrN4/c1-3-7-23-20(5-1)29(21-6-2-4-8-24(21)30-23)18-9-10-19(27-13-11-25-16-27)22(15-18)28-14-12-26-17-28;1-3-7-12-10(5-1)9-11-6-2-4-8-13(11)14-12;13-10-1-2-11(16-5-3-14-8-16)12(7-10)17-6-4-15-9-17/h1-17H;1-8H,9H2;1-9H. The number of halogens is 1. The topological polar surface area (TPSA) is 93.0 Å². The first-order valence-electron chi connectivity index (χ1n) is 19.5.